The Balaban J connectivity index is 0.00000135. The van der Waals surface area contributed by atoms with Crippen molar-refractivity contribution in [1.82, 2.24) is 10.2 Å². The monoisotopic (exact) mass is 332 g/mol. The maximum absolute atomic E-state index is 13.1. The molecular weight excluding hydrogens is 308 g/mol. The van der Waals surface area contributed by atoms with Crippen LogP contribution in [0.2, 0.25) is 0 Å². The van der Waals surface area contributed by atoms with Crippen LogP contribution in [0.5, 0.6) is 0 Å². The van der Waals surface area contributed by atoms with Crippen LogP contribution in [0.25, 0.3) is 0 Å². The van der Waals surface area contributed by atoms with Crippen molar-refractivity contribution >= 4 is 18.3 Å². The van der Waals surface area contributed by atoms with Crippen LogP contribution >= 0.6 is 12.4 Å². The average molecular weight is 333 g/mol. The number of carbonyl (C=O) groups is 1. The lowest BCUT2D eigenvalue weighted by Crippen LogP contribution is -2.40. The van der Waals surface area contributed by atoms with Crippen molar-refractivity contribution in [1.29, 1.82) is 0 Å². The van der Waals surface area contributed by atoms with Gasteiger partial charge in [-0.25, -0.2) is 0 Å². The summed E-state index contributed by atoms with van der Waals surface area (Å²) in [5, 5.41) is 3.68. The molecule has 2 heterocycles. The minimum Gasteiger partial charge on any atom is -0.341 e. The number of benzene rings is 1. The van der Waals surface area contributed by atoms with Gasteiger partial charge in [-0.15, -0.1) is 12.4 Å². The van der Waals surface area contributed by atoms with E-state index in [2.05, 4.69) is 34.5 Å². The Kier molecular flexibility index (Phi) is 3.69. The Morgan fingerprint density at radius 1 is 1.17 bits per heavy atom. The third-order valence-electron chi connectivity index (χ3n) is 6.60. The van der Waals surface area contributed by atoms with Crippen LogP contribution in [-0.4, -0.2) is 36.0 Å². The number of fused-ring (bicyclic) bond motifs is 4. The average Bonchev–Trinajstić information content (AvgIpc) is 2.99. The lowest BCUT2D eigenvalue weighted by atomic mass is 9.95. The molecule has 3 nitrogen and oxygen atoms in total. The highest BCUT2D eigenvalue weighted by molar-refractivity contribution is 5.85. The van der Waals surface area contributed by atoms with Gasteiger partial charge in [0.05, 0.1) is 0 Å². The Morgan fingerprint density at radius 2 is 2.00 bits per heavy atom. The molecule has 1 amide bonds. The van der Waals surface area contributed by atoms with Crippen LogP contribution in [0.4, 0.5) is 0 Å². The molecular formula is C19H25ClN2O. The smallest absolute Gasteiger partial charge is 0.226 e. The summed E-state index contributed by atoms with van der Waals surface area (Å²) < 4.78 is 0. The standard InChI is InChI=1S/C19H24N2O.ClH/c22-18(21-10-8-14-5-6-15(12-21)20-14)17-11-19(17)9-7-13-3-1-2-4-16(13)19;/h1-4,14-15,17,20H,5-12H2;1H. The van der Waals surface area contributed by atoms with Gasteiger partial charge in [-0.1, -0.05) is 24.3 Å². The number of hydrogen-bond donors (Lipinski definition) is 1. The highest BCUT2D eigenvalue weighted by Crippen LogP contribution is 2.62. The van der Waals surface area contributed by atoms with E-state index in [0.29, 0.717) is 18.0 Å². The van der Waals surface area contributed by atoms with E-state index in [1.54, 1.807) is 0 Å². The first-order valence-corrected chi connectivity index (χ1v) is 8.89. The molecule has 124 valence electrons. The maximum atomic E-state index is 13.1. The zero-order chi connectivity index (χ0) is 14.7. The van der Waals surface area contributed by atoms with Crippen molar-refractivity contribution < 1.29 is 4.79 Å². The minimum atomic E-state index is 0. The lowest BCUT2D eigenvalue weighted by Gasteiger charge is -2.25. The van der Waals surface area contributed by atoms with Crippen molar-refractivity contribution in [3.63, 3.8) is 0 Å². The fraction of sp³-hybridized carbons (Fsp3) is 0.632. The Morgan fingerprint density at radius 3 is 2.91 bits per heavy atom. The maximum Gasteiger partial charge on any atom is 0.226 e. The molecule has 1 aromatic rings. The molecule has 2 aliphatic carbocycles. The molecule has 1 saturated carbocycles. The molecule has 4 heteroatoms. The van der Waals surface area contributed by atoms with Crippen molar-refractivity contribution in [2.75, 3.05) is 13.1 Å². The molecule has 5 rings (SSSR count). The van der Waals surface area contributed by atoms with Crippen molar-refractivity contribution in [2.24, 2.45) is 5.92 Å². The number of carbonyl (C=O) groups excluding carboxylic acids is 1. The van der Waals surface area contributed by atoms with Crippen molar-refractivity contribution in [2.45, 2.75) is 56.0 Å². The first-order chi connectivity index (χ1) is 10.8. The number of amides is 1. The Hall–Kier alpha value is -1.06. The van der Waals surface area contributed by atoms with E-state index in [-0.39, 0.29) is 23.7 Å². The molecule has 0 radical (unpaired) electrons. The number of nitrogens with one attached hydrogen (secondary N) is 1. The predicted molar refractivity (Wildman–Crippen MR) is 92.9 cm³/mol. The normalized spacial score (nSPS) is 37.2. The SMILES string of the molecule is Cl.O=C(C1CC12CCc1ccccc12)N1CCC2CCC(C1)N2. The van der Waals surface area contributed by atoms with Crippen LogP contribution < -0.4 is 5.32 Å². The summed E-state index contributed by atoms with van der Waals surface area (Å²) >= 11 is 0. The van der Waals surface area contributed by atoms with Crippen molar-refractivity contribution in [3.8, 4) is 0 Å². The second-order valence-electron chi connectivity index (χ2n) is 7.78. The summed E-state index contributed by atoms with van der Waals surface area (Å²) in [7, 11) is 0. The van der Waals surface area contributed by atoms with Crippen LogP contribution in [0.1, 0.15) is 43.2 Å². The predicted octanol–water partition coefficient (Wildman–Crippen LogP) is 2.67. The van der Waals surface area contributed by atoms with E-state index >= 15 is 0 Å². The van der Waals surface area contributed by atoms with Crippen LogP contribution in [-0.2, 0) is 16.6 Å². The van der Waals surface area contributed by atoms with Gasteiger partial charge in [0, 0.05) is 36.5 Å². The Bertz CT molecular complexity index is 634. The summed E-state index contributed by atoms with van der Waals surface area (Å²) in [6, 6.07) is 9.99. The highest BCUT2D eigenvalue weighted by Gasteiger charge is 2.62. The summed E-state index contributed by atoms with van der Waals surface area (Å²) in [6.07, 6.45) is 7.10. The van der Waals surface area contributed by atoms with E-state index in [1.807, 2.05) is 0 Å². The highest BCUT2D eigenvalue weighted by atomic mass is 35.5. The summed E-state index contributed by atoms with van der Waals surface area (Å²) in [5.41, 5.74) is 3.16. The molecule has 1 spiro atoms. The van der Waals surface area contributed by atoms with Gasteiger partial charge >= 0.3 is 0 Å². The van der Waals surface area contributed by atoms with Gasteiger partial charge < -0.3 is 10.2 Å². The van der Waals surface area contributed by atoms with E-state index < -0.39 is 0 Å². The van der Waals surface area contributed by atoms with E-state index in [0.717, 1.165) is 32.4 Å². The molecule has 1 aromatic carbocycles. The zero-order valence-corrected chi connectivity index (χ0v) is 14.3. The quantitative estimate of drug-likeness (QED) is 0.857. The van der Waals surface area contributed by atoms with Gasteiger partial charge in [-0.2, -0.15) is 0 Å². The minimum absolute atomic E-state index is 0. The zero-order valence-electron chi connectivity index (χ0n) is 13.5. The number of halogens is 1. The van der Waals surface area contributed by atoms with E-state index in [9.17, 15) is 4.79 Å². The first-order valence-electron chi connectivity index (χ1n) is 8.89. The first kappa shape index (κ1) is 15.5. The second-order valence-corrected chi connectivity index (χ2v) is 7.78. The lowest BCUT2D eigenvalue weighted by molar-refractivity contribution is -0.133. The van der Waals surface area contributed by atoms with Gasteiger partial charge in [0.1, 0.15) is 0 Å². The van der Waals surface area contributed by atoms with Crippen molar-refractivity contribution in [3.05, 3.63) is 35.4 Å². The number of rotatable bonds is 1. The summed E-state index contributed by atoms with van der Waals surface area (Å²) in [4.78, 5) is 15.2. The fourth-order valence-corrected chi connectivity index (χ4v) is 5.28. The number of nitrogens with zero attached hydrogens (tertiary/aromatic N) is 1. The molecule has 0 aromatic heterocycles. The number of hydrogen-bond acceptors (Lipinski definition) is 2. The van der Waals surface area contributed by atoms with Gasteiger partial charge in [0.25, 0.3) is 0 Å². The van der Waals surface area contributed by atoms with Gasteiger partial charge in [-0.3, -0.25) is 4.79 Å². The van der Waals surface area contributed by atoms with Crippen LogP contribution in [0, 0.1) is 5.92 Å². The molecule has 4 atom stereocenters. The molecule has 3 fully saturated rings. The summed E-state index contributed by atoms with van der Waals surface area (Å²) in [5.74, 6) is 0.693. The Labute approximate surface area is 144 Å². The third kappa shape index (κ3) is 2.32. The van der Waals surface area contributed by atoms with E-state index in [1.165, 1.54) is 30.4 Å². The molecule has 2 bridgehead atoms. The molecule has 2 saturated heterocycles. The molecule has 2 aliphatic heterocycles. The number of aryl methyl sites for hydroxylation is 1. The number of likely N-dealkylation sites (tertiary alicyclic amines) is 1. The third-order valence-corrected chi connectivity index (χ3v) is 6.60. The van der Waals surface area contributed by atoms with Gasteiger partial charge in [0.2, 0.25) is 5.91 Å². The van der Waals surface area contributed by atoms with Crippen LogP contribution in [0.3, 0.4) is 0 Å². The molecule has 4 aliphatic rings. The molecule has 23 heavy (non-hydrogen) atoms. The van der Waals surface area contributed by atoms with Gasteiger partial charge in [-0.05, 0) is 49.7 Å². The van der Waals surface area contributed by atoms with E-state index in [4.69, 9.17) is 0 Å². The van der Waals surface area contributed by atoms with Crippen LogP contribution in [0.15, 0.2) is 24.3 Å². The molecule has 4 unspecified atom stereocenters. The molecule has 1 N–H and O–H groups in total. The van der Waals surface area contributed by atoms with Gasteiger partial charge in [0.15, 0.2) is 0 Å². The second kappa shape index (κ2) is 5.49. The summed E-state index contributed by atoms with van der Waals surface area (Å²) in [6.45, 7) is 1.89. The fourth-order valence-electron chi connectivity index (χ4n) is 5.28. The largest absolute Gasteiger partial charge is 0.341 e. The topological polar surface area (TPSA) is 32.3 Å².